The number of carbonyl (C=O) groups is 1. The molecule has 0 aliphatic heterocycles. The smallest absolute Gasteiger partial charge is 0.337 e. The average molecular weight is 396 g/mol. The van der Waals surface area contributed by atoms with Crippen LogP contribution in [0.4, 0.5) is 19.1 Å². The van der Waals surface area contributed by atoms with Gasteiger partial charge in [0, 0.05) is 0 Å². The highest BCUT2D eigenvalue weighted by Crippen LogP contribution is 2.40. The third-order valence-electron chi connectivity index (χ3n) is 2.40. The molecule has 1 heterocycles. The van der Waals surface area contributed by atoms with Gasteiger partial charge in [0.15, 0.2) is 5.69 Å². The highest BCUT2D eigenvalue weighted by Gasteiger charge is 2.40. The van der Waals surface area contributed by atoms with Gasteiger partial charge in [0.1, 0.15) is 0 Å². The topological polar surface area (TPSA) is 55.1 Å². The van der Waals surface area contributed by atoms with Gasteiger partial charge in [-0.15, -0.1) is 0 Å². The molecule has 0 atom stereocenters. The van der Waals surface area contributed by atoms with Crippen LogP contribution in [0.15, 0.2) is 34.9 Å². The van der Waals surface area contributed by atoms with Crippen molar-refractivity contribution in [3.63, 3.8) is 0 Å². The van der Waals surface area contributed by atoms with Gasteiger partial charge in [-0.2, -0.15) is 13.2 Å². The molecule has 0 fully saturated rings. The highest BCUT2D eigenvalue weighted by molar-refractivity contribution is 14.1. The lowest BCUT2D eigenvalue weighted by molar-refractivity contribution is -0.142. The number of benzene rings is 1. The third kappa shape index (κ3) is 3.11. The maximum atomic E-state index is 12.9. The summed E-state index contributed by atoms with van der Waals surface area (Å²) in [4.78, 5) is 11.3. The zero-order valence-electron chi connectivity index (χ0n) is 9.87. The predicted molar refractivity (Wildman–Crippen MR) is 74.5 cm³/mol. The average Bonchev–Trinajstić information content (AvgIpc) is 2.83. The minimum absolute atomic E-state index is 0.0913. The molecule has 8 heteroatoms. The molecule has 0 bridgehead atoms. The highest BCUT2D eigenvalue weighted by atomic mass is 127. The first-order valence-corrected chi connectivity index (χ1v) is 6.94. The summed E-state index contributed by atoms with van der Waals surface area (Å²) in [6.07, 6.45) is -4.66. The van der Waals surface area contributed by atoms with Crippen LogP contribution in [0.2, 0.25) is 0 Å². The molecule has 0 radical (unpaired) electrons. The summed E-state index contributed by atoms with van der Waals surface area (Å²) in [6.45, 7) is 0. The number of nitrogens with one attached hydrogen (secondary N) is 1. The van der Waals surface area contributed by atoms with Crippen molar-refractivity contribution in [3.8, 4) is 11.1 Å². The summed E-state index contributed by atoms with van der Waals surface area (Å²) in [5.41, 5.74) is -1.16. The molecule has 4 nitrogen and oxygen atoms in total. The maximum Gasteiger partial charge on any atom is 0.437 e. The first kappa shape index (κ1) is 14.8. The van der Waals surface area contributed by atoms with E-state index >= 15 is 0 Å². The Bertz CT molecular complexity index is 611. The summed E-state index contributed by atoms with van der Waals surface area (Å²) < 4.78 is 43.5. The molecule has 1 aromatic heterocycles. The molecule has 1 N–H and O–H groups in total. The molecular weight excluding hydrogens is 388 g/mol. The first-order valence-electron chi connectivity index (χ1n) is 5.41. The molecule has 0 spiro atoms. The van der Waals surface area contributed by atoms with Crippen LogP contribution in [-0.4, -0.2) is 15.5 Å². The molecule has 0 aliphatic carbocycles. The Labute approximate surface area is 125 Å². The molecule has 0 aliphatic rings. The maximum absolute atomic E-state index is 12.9. The number of anilines is 1. The molecule has 0 saturated carbocycles. The van der Waals surface area contributed by atoms with Crippen LogP contribution < -0.4 is 5.32 Å². The van der Waals surface area contributed by atoms with Crippen molar-refractivity contribution < 1.29 is 22.5 Å². The fourth-order valence-electron chi connectivity index (χ4n) is 1.60. The minimum atomic E-state index is -4.66. The molecule has 1 amide bonds. The molecule has 2 aromatic rings. The second-order valence-electron chi connectivity index (χ2n) is 3.78. The lowest BCUT2D eigenvalue weighted by atomic mass is 10.1. The van der Waals surface area contributed by atoms with E-state index in [9.17, 15) is 18.0 Å². The van der Waals surface area contributed by atoms with E-state index in [1.807, 2.05) is 0 Å². The Kier molecular flexibility index (Phi) is 4.31. The summed E-state index contributed by atoms with van der Waals surface area (Å²) in [7, 11) is 0. The summed E-state index contributed by atoms with van der Waals surface area (Å²) in [6, 6.07) is 7.83. The zero-order chi connectivity index (χ0) is 14.8. The number of alkyl halides is 4. The number of aromatic nitrogens is 1. The second kappa shape index (κ2) is 5.81. The van der Waals surface area contributed by atoms with Crippen LogP contribution in [0.1, 0.15) is 5.69 Å². The Morgan fingerprint density at radius 1 is 1.30 bits per heavy atom. The normalized spacial score (nSPS) is 11.4. The van der Waals surface area contributed by atoms with E-state index in [1.54, 1.807) is 40.8 Å². The quantitative estimate of drug-likeness (QED) is 0.636. The van der Waals surface area contributed by atoms with E-state index in [0.717, 1.165) is 0 Å². The predicted octanol–water partition coefficient (Wildman–Crippen LogP) is 3.73. The molecular formula is C12H8F3IN2O2. The van der Waals surface area contributed by atoms with E-state index in [0.29, 0.717) is 0 Å². The van der Waals surface area contributed by atoms with E-state index in [2.05, 4.69) is 15.0 Å². The Hall–Kier alpha value is -1.58. The molecule has 106 valence electrons. The van der Waals surface area contributed by atoms with Gasteiger partial charge in [-0.1, -0.05) is 58.1 Å². The van der Waals surface area contributed by atoms with E-state index < -0.39 is 17.8 Å². The van der Waals surface area contributed by atoms with Crippen molar-refractivity contribution in [2.75, 3.05) is 9.74 Å². The Morgan fingerprint density at radius 3 is 2.50 bits per heavy atom. The van der Waals surface area contributed by atoms with Gasteiger partial charge in [-0.3, -0.25) is 10.1 Å². The van der Waals surface area contributed by atoms with Crippen molar-refractivity contribution >= 4 is 34.4 Å². The Balaban J connectivity index is 2.55. The van der Waals surface area contributed by atoms with Gasteiger partial charge in [0.05, 0.1) is 9.99 Å². The fraction of sp³-hybridized carbons (Fsp3) is 0.167. The van der Waals surface area contributed by atoms with Crippen molar-refractivity contribution in [2.24, 2.45) is 0 Å². The van der Waals surface area contributed by atoms with Crippen LogP contribution in [-0.2, 0) is 11.0 Å². The summed E-state index contributed by atoms with van der Waals surface area (Å²) >= 11 is 1.79. The summed E-state index contributed by atoms with van der Waals surface area (Å²) in [5.74, 6) is -0.766. The van der Waals surface area contributed by atoms with Gasteiger partial charge < -0.3 is 4.52 Å². The van der Waals surface area contributed by atoms with Crippen LogP contribution >= 0.6 is 22.6 Å². The minimum Gasteiger partial charge on any atom is -0.337 e. The molecule has 0 unspecified atom stereocenters. The SMILES string of the molecule is O=C(CI)Nc1onc(C(F)(F)F)c1-c1ccccc1. The largest absolute Gasteiger partial charge is 0.437 e. The van der Waals surface area contributed by atoms with Gasteiger partial charge in [-0.25, -0.2) is 0 Å². The number of amides is 1. The molecule has 1 aromatic carbocycles. The van der Waals surface area contributed by atoms with E-state index in [-0.39, 0.29) is 21.4 Å². The number of carbonyl (C=O) groups excluding carboxylic acids is 1. The molecule has 0 saturated heterocycles. The number of nitrogens with zero attached hydrogens (tertiary/aromatic N) is 1. The van der Waals surface area contributed by atoms with Crippen LogP contribution in [0.5, 0.6) is 0 Å². The fourth-order valence-corrected chi connectivity index (χ4v) is 1.79. The number of hydrogen-bond donors (Lipinski definition) is 1. The second-order valence-corrected chi connectivity index (χ2v) is 4.54. The Morgan fingerprint density at radius 2 is 1.95 bits per heavy atom. The van der Waals surface area contributed by atoms with Gasteiger partial charge in [-0.05, 0) is 5.56 Å². The summed E-state index contributed by atoms with van der Waals surface area (Å²) in [5, 5.41) is 5.31. The lowest BCUT2D eigenvalue weighted by Gasteiger charge is -2.07. The van der Waals surface area contributed by atoms with Crippen LogP contribution in [0.25, 0.3) is 11.1 Å². The molecule has 20 heavy (non-hydrogen) atoms. The lowest BCUT2D eigenvalue weighted by Crippen LogP contribution is -2.13. The van der Waals surface area contributed by atoms with Crippen LogP contribution in [0, 0.1) is 0 Å². The molecule has 2 rings (SSSR count). The number of halogens is 4. The van der Waals surface area contributed by atoms with Crippen LogP contribution in [0.3, 0.4) is 0 Å². The van der Waals surface area contributed by atoms with Crippen molar-refractivity contribution in [1.82, 2.24) is 5.16 Å². The van der Waals surface area contributed by atoms with Crippen molar-refractivity contribution in [2.45, 2.75) is 6.18 Å². The van der Waals surface area contributed by atoms with Gasteiger partial charge in [0.25, 0.3) is 0 Å². The third-order valence-corrected chi connectivity index (χ3v) is 3.09. The van der Waals surface area contributed by atoms with Gasteiger partial charge >= 0.3 is 6.18 Å². The first-order chi connectivity index (χ1) is 9.43. The van der Waals surface area contributed by atoms with E-state index in [4.69, 9.17) is 0 Å². The zero-order valence-corrected chi connectivity index (χ0v) is 12.0. The van der Waals surface area contributed by atoms with Crippen molar-refractivity contribution in [3.05, 3.63) is 36.0 Å². The monoisotopic (exact) mass is 396 g/mol. The number of hydrogen-bond acceptors (Lipinski definition) is 3. The van der Waals surface area contributed by atoms with Gasteiger partial charge in [0.2, 0.25) is 11.8 Å². The van der Waals surface area contributed by atoms with E-state index in [1.165, 1.54) is 12.1 Å². The number of rotatable bonds is 3. The standard InChI is InChI=1S/C12H8F3IN2O2/c13-12(14,15)10-9(7-4-2-1-3-5-7)11(20-18-10)17-8(19)6-16/h1-5H,6H2,(H,17,19). The van der Waals surface area contributed by atoms with Crippen molar-refractivity contribution in [1.29, 1.82) is 0 Å².